The minimum Gasteiger partial charge on any atom is -0.494 e. The Balaban J connectivity index is 1.47. The number of hydrogen-bond acceptors (Lipinski definition) is 8. The van der Waals surface area contributed by atoms with Crippen LogP contribution in [0.3, 0.4) is 0 Å². The first-order valence-electron chi connectivity index (χ1n) is 15.2. The van der Waals surface area contributed by atoms with Crippen molar-refractivity contribution in [2.24, 2.45) is 4.99 Å². The summed E-state index contributed by atoms with van der Waals surface area (Å²) in [5.41, 5.74) is 4.03. The molecule has 2 heterocycles. The highest BCUT2D eigenvalue weighted by Crippen LogP contribution is 2.35. The molecule has 0 fully saturated rings. The monoisotopic (exact) mass is 641 g/mol. The molecule has 234 valence electrons. The van der Waals surface area contributed by atoms with Crippen LogP contribution in [-0.4, -0.2) is 23.8 Å². The van der Waals surface area contributed by atoms with E-state index in [2.05, 4.69) is 6.07 Å². The fraction of sp³-hybridized carbons (Fsp3) is 0.158. The number of hydrogen-bond donors (Lipinski definition) is 0. The third-order valence-electron chi connectivity index (χ3n) is 7.57. The normalized spacial score (nSPS) is 14.1. The highest BCUT2D eigenvalue weighted by atomic mass is 32.1. The van der Waals surface area contributed by atoms with Crippen LogP contribution in [0.15, 0.2) is 118 Å². The summed E-state index contributed by atoms with van der Waals surface area (Å²) in [5.74, 6) is 0.750. The van der Waals surface area contributed by atoms with Crippen molar-refractivity contribution >= 4 is 29.1 Å². The van der Waals surface area contributed by atoms with Crippen LogP contribution in [0.25, 0.3) is 11.8 Å². The highest BCUT2D eigenvalue weighted by Gasteiger charge is 2.35. The molecule has 0 amide bonds. The largest absolute Gasteiger partial charge is 0.494 e. The predicted octanol–water partition coefficient (Wildman–Crippen LogP) is 5.78. The Morgan fingerprint density at radius 1 is 0.915 bits per heavy atom. The quantitative estimate of drug-likeness (QED) is 0.179. The molecular formula is C38H31N3O5S. The second-order valence-electron chi connectivity index (χ2n) is 10.6. The van der Waals surface area contributed by atoms with Crippen molar-refractivity contribution in [1.29, 1.82) is 5.26 Å². The fourth-order valence-electron chi connectivity index (χ4n) is 5.43. The van der Waals surface area contributed by atoms with Crippen molar-refractivity contribution < 1.29 is 19.0 Å². The van der Waals surface area contributed by atoms with E-state index < -0.39 is 12.0 Å². The van der Waals surface area contributed by atoms with Gasteiger partial charge in [0.25, 0.3) is 5.56 Å². The van der Waals surface area contributed by atoms with E-state index in [-0.39, 0.29) is 24.3 Å². The topological polar surface area (TPSA) is 103 Å². The van der Waals surface area contributed by atoms with E-state index >= 15 is 0 Å². The van der Waals surface area contributed by atoms with Gasteiger partial charge >= 0.3 is 5.97 Å². The first kappa shape index (κ1) is 31.3. The zero-order chi connectivity index (χ0) is 32.8. The Morgan fingerprint density at radius 2 is 1.68 bits per heavy atom. The summed E-state index contributed by atoms with van der Waals surface area (Å²) in [6, 6.07) is 33.0. The first-order chi connectivity index (χ1) is 23.0. The molecule has 1 aromatic heterocycles. The summed E-state index contributed by atoms with van der Waals surface area (Å²) in [6.07, 6.45) is 1.80. The zero-order valence-corrected chi connectivity index (χ0v) is 26.7. The summed E-state index contributed by atoms with van der Waals surface area (Å²) in [6.45, 7) is 4.58. The maximum Gasteiger partial charge on any atom is 0.338 e. The van der Waals surface area contributed by atoms with Crippen molar-refractivity contribution in [1.82, 2.24) is 4.57 Å². The number of aromatic nitrogens is 1. The van der Waals surface area contributed by atoms with Crippen LogP contribution in [0.1, 0.15) is 47.7 Å². The number of nitriles is 1. The second kappa shape index (κ2) is 14.1. The zero-order valence-electron chi connectivity index (χ0n) is 25.9. The van der Waals surface area contributed by atoms with Gasteiger partial charge in [0.05, 0.1) is 46.7 Å². The van der Waals surface area contributed by atoms with Crippen LogP contribution in [0.4, 0.5) is 0 Å². The summed E-state index contributed by atoms with van der Waals surface area (Å²) >= 11 is 1.25. The molecular weight excluding hydrogens is 611 g/mol. The summed E-state index contributed by atoms with van der Waals surface area (Å²) in [4.78, 5) is 33.3. The maximum atomic E-state index is 14.2. The van der Waals surface area contributed by atoms with E-state index in [4.69, 9.17) is 19.2 Å². The van der Waals surface area contributed by atoms with Gasteiger partial charge in [-0.3, -0.25) is 9.36 Å². The van der Waals surface area contributed by atoms with Gasteiger partial charge in [0, 0.05) is 11.1 Å². The molecule has 1 atom stereocenters. The number of benzene rings is 4. The fourth-order valence-corrected chi connectivity index (χ4v) is 6.43. The standard InChI is InChI=1S/C38H31N3O5S/c1-3-44-30-19-17-27(18-20-30)35-33(37(43)45-4-2)34(26-12-6-5-7-13-26)40-38-41(35)36(42)32(47-38)22-25-11-10-16-31(21-25)46-24-29-15-9-8-14-28(29)23-39/h5-22,35H,3-4,24H2,1-2H3/b32-22-/t35-/m0/s1. The molecule has 9 heteroatoms. The minimum absolute atomic E-state index is 0.172. The number of thiazole rings is 1. The maximum absolute atomic E-state index is 14.2. The number of fused-ring (bicyclic) bond motifs is 1. The molecule has 1 aliphatic rings. The van der Waals surface area contributed by atoms with Crippen LogP contribution < -0.4 is 24.4 Å². The average Bonchev–Trinajstić information content (AvgIpc) is 3.41. The van der Waals surface area contributed by atoms with E-state index in [0.717, 1.165) is 22.3 Å². The van der Waals surface area contributed by atoms with E-state index in [9.17, 15) is 14.9 Å². The molecule has 4 aromatic carbocycles. The number of carbonyl (C=O) groups excluding carboxylic acids is 1. The van der Waals surface area contributed by atoms with Gasteiger partial charge in [-0.1, -0.05) is 84.1 Å². The Hall–Kier alpha value is -5.72. The van der Waals surface area contributed by atoms with Crippen LogP contribution in [0.2, 0.25) is 0 Å². The Labute approximate surface area is 275 Å². The lowest BCUT2D eigenvalue weighted by atomic mass is 9.93. The van der Waals surface area contributed by atoms with Crippen LogP contribution in [0, 0.1) is 11.3 Å². The van der Waals surface area contributed by atoms with Gasteiger partial charge < -0.3 is 14.2 Å². The van der Waals surface area contributed by atoms with Crippen molar-refractivity contribution in [2.75, 3.05) is 13.2 Å². The number of esters is 1. The predicted molar refractivity (Wildman–Crippen MR) is 181 cm³/mol. The molecule has 1 aliphatic heterocycles. The molecule has 0 spiro atoms. The third-order valence-corrected chi connectivity index (χ3v) is 8.55. The Bertz CT molecular complexity index is 2180. The van der Waals surface area contributed by atoms with Crippen LogP contribution >= 0.6 is 11.3 Å². The molecule has 6 rings (SSSR count). The SMILES string of the molecule is CCOC(=O)C1=C(c2ccccc2)N=c2s/c(=C\c3cccc(OCc4ccccc4C#N)c3)c(=O)n2[C@H]1c1ccc(OCC)cc1. The van der Waals surface area contributed by atoms with E-state index in [1.54, 1.807) is 23.6 Å². The summed E-state index contributed by atoms with van der Waals surface area (Å²) < 4.78 is 19.3. The van der Waals surface area contributed by atoms with Gasteiger partial charge in [0.1, 0.15) is 18.1 Å². The van der Waals surface area contributed by atoms with E-state index in [0.29, 0.717) is 38.7 Å². The molecule has 0 N–H and O–H groups in total. The number of carbonyl (C=O) groups is 1. The third kappa shape index (κ3) is 6.64. The lowest BCUT2D eigenvalue weighted by Gasteiger charge is -2.26. The molecule has 0 saturated heterocycles. The molecule has 47 heavy (non-hydrogen) atoms. The Morgan fingerprint density at radius 3 is 2.43 bits per heavy atom. The highest BCUT2D eigenvalue weighted by molar-refractivity contribution is 7.07. The van der Waals surface area contributed by atoms with Crippen LogP contribution in [0.5, 0.6) is 11.5 Å². The Kier molecular flexibility index (Phi) is 9.41. The molecule has 0 bridgehead atoms. The average molecular weight is 642 g/mol. The van der Waals surface area contributed by atoms with Gasteiger partial charge in [-0.15, -0.1) is 0 Å². The number of nitrogens with zero attached hydrogens (tertiary/aromatic N) is 3. The van der Waals surface area contributed by atoms with Crippen molar-refractivity contribution in [3.8, 4) is 17.6 Å². The lowest BCUT2D eigenvalue weighted by molar-refractivity contribution is -0.138. The van der Waals surface area contributed by atoms with Crippen molar-refractivity contribution in [2.45, 2.75) is 26.5 Å². The molecule has 8 nitrogen and oxygen atoms in total. The molecule has 0 aliphatic carbocycles. The second-order valence-corrected chi connectivity index (χ2v) is 11.6. The summed E-state index contributed by atoms with van der Waals surface area (Å²) in [5, 5.41) is 9.42. The van der Waals surface area contributed by atoms with Gasteiger partial charge in [-0.2, -0.15) is 5.26 Å². The van der Waals surface area contributed by atoms with Crippen molar-refractivity contribution in [3.05, 3.63) is 156 Å². The van der Waals surface area contributed by atoms with Gasteiger partial charge in [0.2, 0.25) is 0 Å². The molecule has 0 radical (unpaired) electrons. The van der Waals surface area contributed by atoms with Crippen molar-refractivity contribution in [3.63, 3.8) is 0 Å². The van der Waals surface area contributed by atoms with Gasteiger partial charge in [-0.25, -0.2) is 9.79 Å². The van der Waals surface area contributed by atoms with Gasteiger partial charge in [-0.05, 0) is 61.4 Å². The lowest BCUT2D eigenvalue weighted by Crippen LogP contribution is -2.40. The smallest absolute Gasteiger partial charge is 0.338 e. The van der Waals surface area contributed by atoms with Crippen LogP contribution in [-0.2, 0) is 16.1 Å². The molecule has 0 unspecified atom stereocenters. The minimum atomic E-state index is -0.784. The number of ether oxygens (including phenoxy) is 3. The molecule has 0 saturated carbocycles. The first-order valence-corrected chi connectivity index (χ1v) is 16.0. The summed E-state index contributed by atoms with van der Waals surface area (Å²) in [7, 11) is 0. The van der Waals surface area contributed by atoms with Gasteiger partial charge in [0.15, 0.2) is 4.80 Å². The van der Waals surface area contributed by atoms with E-state index in [1.165, 1.54) is 11.3 Å². The number of rotatable bonds is 10. The molecule has 5 aromatic rings. The van der Waals surface area contributed by atoms with E-state index in [1.807, 2.05) is 104 Å².